The van der Waals surface area contributed by atoms with Gasteiger partial charge in [-0.25, -0.2) is 4.79 Å². The number of rotatable bonds is 11. The molecule has 0 bridgehead atoms. The van der Waals surface area contributed by atoms with Crippen molar-refractivity contribution in [1.82, 2.24) is 0 Å². The standard InChI is InChI=1S/C19H31NO2/c1-4-7-8-15(5-2)9-12-17(6-3)20-18-13-10-16(11-14-18)19(21)22/h10-11,13-15,17,20H,4-9,12H2,1-3H3,(H,21,22). The first-order valence-electron chi connectivity index (χ1n) is 8.70. The summed E-state index contributed by atoms with van der Waals surface area (Å²) in [7, 11) is 0. The SMILES string of the molecule is CCCCC(CC)CCC(CC)Nc1ccc(C(=O)O)cc1. The van der Waals surface area contributed by atoms with Crippen LogP contribution in [0.5, 0.6) is 0 Å². The Morgan fingerprint density at radius 1 is 1.05 bits per heavy atom. The predicted octanol–water partition coefficient (Wildman–Crippen LogP) is 5.57. The highest BCUT2D eigenvalue weighted by atomic mass is 16.4. The number of hydrogen-bond donors (Lipinski definition) is 2. The molecule has 0 spiro atoms. The van der Waals surface area contributed by atoms with Crippen molar-refractivity contribution in [1.29, 1.82) is 0 Å². The highest BCUT2D eigenvalue weighted by Gasteiger charge is 2.11. The zero-order valence-electron chi connectivity index (χ0n) is 14.3. The topological polar surface area (TPSA) is 49.3 Å². The minimum Gasteiger partial charge on any atom is -0.478 e. The summed E-state index contributed by atoms with van der Waals surface area (Å²) in [5.41, 5.74) is 1.35. The van der Waals surface area contributed by atoms with Gasteiger partial charge in [0.25, 0.3) is 0 Å². The molecule has 124 valence electrons. The van der Waals surface area contributed by atoms with Gasteiger partial charge < -0.3 is 10.4 Å². The molecule has 0 aliphatic rings. The average molecular weight is 305 g/mol. The quantitative estimate of drug-likeness (QED) is 0.561. The van der Waals surface area contributed by atoms with E-state index >= 15 is 0 Å². The van der Waals surface area contributed by atoms with Crippen LogP contribution in [0.3, 0.4) is 0 Å². The first-order chi connectivity index (χ1) is 10.6. The number of hydrogen-bond acceptors (Lipinski definition) is 2. The van der Waals surface area contributed by atoms with Gasteiger partial charge in [0.05, 0.1) is 5.56 Å². The van der Waals surface area contributed by atoms with E-state index in [9.17, 15) is 4.79 Å². The monoisotopic (exact) mass is 305 g/mol. The fourth-order valence-electron chi connectivity index (χ4n) is 2.81. The molecule has 0 aliphatic carbocycles. The summed E-state index contributed by atoms with van der Waals surface area (Å²) >= 11 is 0. The fraction of sp³-hybridized carbons (Fsp3) is 0.632. The van der Waals surface area contributed by atoms with Gasteiger partial charge in [0, 0.05) is 11.7 Å². The average Bonchev–Trinajstić information content (AvgIpc) is 2.54. The third kappa shape index (κ3) is 6.50. The van der Waals surface area contributed by atoms with Crippen molar-refractivity contribution in [3.8, 4) is 0 Å². The van der Waals surface area contributed by atoms with Crippen LogP contribution in [0.2, 0.25) is 0 Å². The predicted molar refractivity (Wildman–Crippen MR) is 93.6 cm³/mol. The number of carboxylic acids is 1. The summed E-state index contributed by atoms with van der Waals surface area (Å²) in [6.45, 7) is 6.75. The lowest BCUT2D eigenvalue weighted by molar-refractivity contribution is 0.0697. The highest BCUT2D eigenvalue weighted by molar-refractivity contribution is 5.87. The van der Waals surface area contributed by atoms with E-state index in [1.165, 1.54) is 38.5 Å². The van der Waals surface area contributed by atoms with Gasteiger partial charge in [0.1, 0.15) is 0 Å². The van der Waals surface area contributed by atoms with E-state index in [-0.39, 0.29) is 0 Å². The van der Waals surface area contributed by atoms with Crippen LogP contribution in [0.1, 0.15) is 76.1 Å². The Kier molecular flexibility index (Phi) is 8.64. The lowest BCUT2D eigenvalue weighted by atomic mass is 9.92. The van der Waals surface area contributed by atoms with Gasteiger partial charge in [0.2, 0.25) is 0 Å². The van der Waals surface area contributed by atoms with Crippen molar-refractivity contribution in [2.45, 2.75) is 71.8 Å². The van der Waals surface area contributed by atoms with Crippen LogP contribution in [0.25, 0.3) is 0 Å². The Labute approximate surface area is 135 Å². The molecule has 1 aromatic carbocycles. The van der Waals surface area contributed by atoms with E-state index in [1.54, 1.807) is 12.1 Å². The van der Waals surface area contributed by atoms with Gasteiger partial charge in [-0.05, 0) is 49.4 Å². The number of benzene rings is 1. The van der Waals surface area contributed by atoms with Crippen LogP contribution < -0.4 is 5.32 Å². The number of aromatic carboxylic acids is 1. The van der Waals surface area contributed by atoms with Crippen LogP contribution in [0.15, 0.2) is 24.3 Å². The van der Waals surface area contributed by atoms with Gasteiger partial charge in [0.15, 0.2) is 0 Å². The second-order valence-corrected chi connectivity index (χ2v) is 6.13. The largest absolute Gasteiger partial charge is 0.478 e. The molecule has 0 saturated heterocycles. The number of nitrogens with one attached hydrogen (secondary N) is 1. The van der Waals surface area contributed by atoms with Gasteiger partial charge in [-0.1, -0.05) is 46.5 Å². The minimum atomic E-state index is -0.875. The van der Waals surface area contributed by atoms with Crippen molar-refractivity contribution < 1.29 is 9.90 Å². The zero-order chi connectivity index (χ0) is 16.4. The molecule has 0 heterocycles. The van der Waals surface area contributed by atoms with Gasteiger partial charge >= 0.3 is 5.97 Å². The molecule has 0 fully saturated rings. The summed E-state index contributed by atoms with van der Waals surface area (Å²) in [5.74, 6) is -0.0366. The minimum absolute atomic E-state index is 0.337. The maximum atomic E-state index is 10.9. The number of unbranched alkanes of at least 4 members (excludes halogenated alkanes) is 1. The van der Waals surface area contributed by atoms with Gasteiger partial charge in [-0.3, -0.25) is 0 Å². The maximum absolute atomic E-state index is 10.9. The van der Waals surface area contributed by atoms with Crippen LogP contribution in [-0.2, 0) is 0 Å². The second kappa shape index (κ2) is 10.3. The Hall–Kier alpha value is -1.51. The molecule has 0 amide bonds. The Balaban J connectivity index is 2.48. The molecule has 0 aromatic heterocycles. The lowest BCUT2D eigenvalue weighted by Crippen LogP contribution is -2.19. The first-order valence-corrected chi connectivity index (χ1v) is 8.70. The summed E-state index contributed by atoms with van der Waals surface area (Å²) in [6, 6.07) is 7.51. The molecular formula is C19H31NO2. The Morgan fingerprint density at radius 2 is 1.73 bits per heavy atom. The van der Waals surface area contributed by atoms with E-state index in [0.717, 1.165) is 18.0 Å². The Bertz CT molecular complexity index is 428. The van der Waals surface area contributed by atoms with E-state index in [2.05, 4.69) is 26.1 Å². The molecule has 3 nitrogen and oxygen atoms in total. The van der Waals surface area contributed by atoms with Gasteiger partial charge in [-0.2, -0.15) is 0 Å². The van der Waals surface area contributed by atoms with Crippen LogP contribution in [-0.4, -0.2) is 17.1 Å². The molecule has 22 heavy (non-hydrogen) atoms. The number of anilines is 1. The van der Waals surface area contributed by atoms with E-state index in [0.29, 0.717) is 11.6 Å². The normalized spacial score (nSPS) is 13.6. The summed E-state index contributed by atoms with van der Waals surface area (Å²) in [4.78, 5) is 10.9. The van der Waals surface area contributed by atoms with Crippen LogP contribution in [0, 0.1) is 5.92 Å². The van der Waals surface area contributed by atoms with Crippen LogP contribution in [0.4, 0.5) is 5.69 Å². The molecule has 2 atom stereocenters. The highest BCUT2D eigenvalue weighted by Crippen LogP contribution is 2.22. The maximum Gasteiger partial charge on any atom is 0.335 e. The zero-order valence-corrected chi connectivity index (χ0v) is 14.3. The number of carbonyl (C=O) groups is 1. The van der Waals surface area contributed by atoms with Crippen molar-refractivity contribution in [3.05, 3.63) is 29.8 Å². The van der Waals surface area contributed by atoms with Crippen molar-refractivity contribution >= 4 is 11.7 Å². The van der Waals surface area contributed by atoms with Crippen molar-refractivity contribution in [3.63, 3.8) is 0 Å². The molecule has 2 unspecified atom stereocenters. The number of carboxylic acid groups (broad SMARTS) is 1. The van der Waals surface area contributed by atoms with Gasteiger partial charge in [-0.15, -0.1) is 0 Å². The molecule has 3 heteroatoms. The fourth-order valence-corrected chi connectivity index (χ4v) is 2.81. The molecule has 0 radical (unpaired) electrons. The first kappa shape index (κ1) is 18.5. The van der Waals surface area contributed by atoms with E-state index < -0.39 is 5.97 Å². The van der Waals surface area contributed by atoms with Crippen molar-refractivity contribution in [2.75, 3.05) is 5.32 Å². The molecular weight excluding hydrogens is 274 g/mol. The Morgan fingerprint density at radius 3 is 2.23 bits per heavy atom. The van der Waals surface area contributed by atoms with Crippen LogP contribution >= 0.6 is 0 Å². The molecule has 2 N–H and O–H groups in total. The summed E-state index contributed by atoms with van der Waals surface area (Å²) in [6.07, 6.45) is 8.77. The smallest absolute Gasteiger partial charge is 0.335 e. The third-order valence-electron chi connectivity index (χ3n) is 4.46. The molecule has 1 rings (SSSR count). The lowest BCUT2D eigenvalue weighted by Gasteiger charge is -2.21. The molecule has 1 aromatic rings. The molecule has 0 aliphatic heterocycles. The van der Waals surface area contributed by atoms with E-state index in [1.807, 2.05) is 12.1 Å². The third-order valence-corrected chi connectivity index (χ3v) is 4.46. The van der Waals surface area contributed by atoms with E-state index in [4.69, 9.17) is 5.11 Å². The second-order valence-electron chi connectivity index (χ2n) is 6.13. The molecule has 0 saturated carbocycles. The van der Waals surface area contributed by atoms with Crippen molar-refractivity contribution in [2.24, 2.45) is 5.92 Å². The summed E-state index contributed by atoms with van der Waals surface area (Å²) in [5, 5.41) is 12.5. The summed E-state index contributed by atoms with van der Waals surface area (Å²) < 4.78 is 0.